The molecule has 0 radical (unpaired) electrons. The van der Waals surface area contributed by atoms with Gasteiger partial charge in [0.25, 0.3) is 5.91 Å². The van der Waals surface area contributed by atoms with Crippen molar-refractivity contribution in [3.63, 3.8) is 0 Å². The summed E-state index contributed by atoms with van der Waals surface area (Å²) < 4.78 is 11.4. The van der Waals surface area contributed by atoms with E-state index in [1.807, 2.05) is 6.07 Å². The predicted octanol–water partition coefficient (Wildman–Crippen LogP) is 2.75. The summed E-state index contributed by atoms with van der Waals surface area (Å²) in [6.45, 7) is 7.24. The Kier molecular flexibility index (Phi) is 7.20. The van der Waals surface area contributed by atoms with Crippen molar-refractivity contribution in [3.8, 4) is 11.5 Å². The summed E-state index contributed by atoms with van der Waals surface area (Å²) in [5.74, 6) is 1.30. The molecule has 23 heavy (non-hydrogen) atoms. The monoisotopic (exact) mass is 320 g/mol. The summed E-state index contributed by atoms with van der Waals surface area (Å²) in [6, 6.07) is 5.61. The summed E-state index contributed by atoms with van der Waals surface area (Å²) in [5.41, 5.74) is 0.616. The predicted molar refractivity (Wildman–Crippen MR) is 91.4 cm³/mol. The SMILES string of the molecule is CCCOc1ccc(C(=O)N[C@H]2CCCNC2)cc1OCCC. The van der Waals surface area contributed by atoms with Crippen LogP contribution in [0.3, 0.4) is 0 Å². The first-order valence-corrected chi connectivity index (χ1v) is 8.65. The molecule has 0 saturated carbocycles. The van der Waals surface area contributed by atoms with Gasteiger partial charge in [0.2, 0.25) is 0 Å². The Balaban J connectivity index is 2.06. The number of benzene rings is 1. The zero-order chi connectivity index (χ0) is 16.5. The van der Waals surface area contributed by atoms with Crippen LogP contribution in [0.1, 0.15) is 49.9 Å². The highest BCUT2D eigenvalue weighted by Crippen LogP contribution is 2.29. The minimum Gasteiger partial charge on any atom is -0.490 e. The maximum absolute atomic E-state index is 12.4. The quantitative estimate of drug-likeness (QED) is 0.773. The summed E-state index contributed by atoms with van der Waals surface area (Å²) in [5, 5.41) is 6.39. The van der Waals surface area contributed by atoms with Gasteiger partial charge in [0.15, 0.2) is 11.5 Å². The third-order valence-corrected chi connectivity index (χ3v) is 3.76. The van der Waals surface area contributed by atoms with Gasteiger partial charge in [-0.2, -0.15) is 0 Å². The number of hydrogen-bond donors (Lipinski definition) is 2. The lowest BCUT2D eigenvalue weighted by Crippen LogP contribution is -2.45. The van der Waals surface area contributed by atoms with Gasteiger partial charge in [0.05, 0.1) is 13.2 Å². The Morgan fingerprint density at radius 1 is 1.22 bits per heavy atom. The van der Waals surface area contributed by atoms with E-state index in [2.05, 4.69) is 24.5 Å². The average Bonchev–Trinajstić information content (AvgIpc) is 2.59. The summed E-state index contributed by atoms with van der Waals surface area (Å²) in [6.07, 6.45) is 3.97. The van der Waals surface area contributed by atoms with E-state index in [0.717, 1.165) is 38.8 Å². The van der Waals surface area contributed by atoms with Gasteiger partial charge in [-0.15, -0.1) is 0 Å². The van der Waals surface area contributed by atoms with Crippen LogP contribution < -0.4 is 20.1 Å². The highest BCUT2D eigenvalue weighted by atomic mass is 16.5. The molecule has 0 spiro atoms. The third-order valence-electron chi connectivity index (χ3n) is 3.76. The first-order chi connectivity index (χ1) is 11.2. The van der Waals surface area contributed by atoms with Crippen molar-refractivity contribution in [1.29, 1.82) is 0 Å². The molecule has 1 aliphatic rings. The van der Waals surface area contributed by atoms with Crippen LogP contribution in [0, 0.1) is 0 Å². The first kappa shape index (κ1) is 17.6. The van der Waals surface area contributed by atoms with Gasteiger partial charge in [-0.25, -0.2) is 0 Å². The third kappa shape index (κ3) is 5.43. The Morgan fingerprint density at radius 2 is 1.96 bits per heavy atom. The fraction of sp³-hybridized carbons (Fsp3) is 0.611. The Bertz CT molecular complexity index is 499. The summed E-state index contributed by atoms with van der Waals surface area (Å²) in [4.78, 5) is 12.4. The van der Waals surface area contributed by atoms with Crippen molar-refractivity contribution in [2.24, 2.45) is 0 Å². The van der Waals surface area contributed by atoms with Crippen molar-refractivity contribution >= 4 is 5.91 Å². The lowest BCUT2D eigenvalue weighted by atomic mass is 10.1. The number of carbonyl (C=O) groups excluding carboxylic acids is 1. The molecule has 1 fully saturated rings. The number of amides is 1. The van der Waals surface area contributed by atoms with Crippen LogP contribution in [0.5, 0.6) is 11.5 Å². The molecule has 1 amide bonds. The molecular formula is C18H28N2O3. The topological polar surface area (TPSA) is 59.6 Å². The second kappa shape index (κ2) is 9.40. The van der Waals surface area contributed by atoms with Crippen LogP contribution >= 0.6 is 0 Å². The number of carbonyl (C=O) groups is 1. The molecular weight excluding hydrogens is 292 g/mol. The van der Waals surface area contributed by atoms with E-state index in [-0.39, 0.29) is 11.9 Å². The number of nitrogens with one attached hydrogen (secondary N) is 2. The second-order valence-corrected chi connectivity index (χ2v) is 5.88. The molecule has 1 atom stereocenters. The molecule has 2 rings (SSSR count). The van der Waals surface area contributed by atoms with Crippen LogP contribution in [-0.4, -0.2) is 38.3 Å². The Labute approximate surface area is 138 Å². The van der Waals surface area contributed by atoms with Crippen molar-refractivity contribution in [2.45, 2.75) is 45.6 Å². The van der Waals surface area contributed by atoms with Crippen LogP contribution in [0.25, 0.3) is 0 Å². The lowest BCUT2D eigenvalue weighted by Gasteiger charge is -2.24. The van der Waals surface area contributed by atoms with Crippen molar-refractivity contribution < 1.29 is 14.3 Å². The highest BCUT2D eigenvalue weighted by Gasteiger charge is 2.17. The van der Waals surface area contributed by atoms with Crippen molar-refractivity contribution in [1.82, 2.24) is 10.6 Å². The fourth-order valence-electron chi connectivity index (χ4n) is 2.55. The Hall–Kier alpha value is -1.75. The van der Waals surface area contributed by atoms with Crippen LogP contribution in [0.4, 0.5) is 0 Å². The molecule has 1 saturated heterocycles. The maximum Gasteiger partial charge on any atom is 0.251 e. The minimum absolute atomic E-state index is 0.0536. The van der Waals surface area contributed by atoms with Crippen LogP contribution in [0.2, 0.25) is 0 Å². The van der Waals surface area contributed by atoms with Gasteiger partial charge in [-0.3, -0.25) is 4.79 Å². The van der Waals surface area contributed by atoms with E-state index < -0.39 is 0 Å². The van der Waals surface area contributed by atoms with Gasteiger partial charge in [0, 0.05) is 18.2 Å². The molecule has 1 aromatic carbocycles. The molecule has 0 aliphatic carbocycles. The molecule has 0 aromatic heterocycles. The smallest absolute Gasteiger partial charge is 0.251 e. The molecule has 5 nitrogen and oxygen atoms in total. The normalized spacial score (nSPS) is 17.6. The molecule has 1 aliphatic heterocycles. The molecule has 0 bridgehead atoms. The fourth-order valence-corrected chi connectivity index (χ4v) is 2.55. The van der Waals surface area contributed by atoms with Crippen molar-refractivity contribution in [2.75, 3.05) is 26.3 Å². The van der Waals surface area contributed by atoms with Crippen LogP contribution in [0.15, 0.2) is 18.2 Å². The summed E-state index contributed by atoms with van der Waals surface area (Å²) in [7, 11) is 0. The van der Waals surface area contributed by atoms with E-state index in [0.29, 0.717) is 30.3 Å². The molecule has 5 heteroatoms. The molecule has 1 aromatic rings. The Morgan fingerprint density at radius 3 is 2.61 bits per heavy atom. The van der Waals surface area contributed by atoms with E-state index in [4.69, 9.17) is 9.47 Å². The lowest BCUT2D eigenvalue weighted by molar-refractivity contribution is 0.0930. The van der Waals surface area contributed by atoms with Gasteiger partial charge >= 0.3 is 0 Å². The van der Waals surface area contributed by atoms with Gasteiger partial charge in [-0.05, 0) is 50.4 Å². The number of piperidine rings is 1. The van der Waals surface area contributed by atoms with E-state index in [9.17, 15) is 4.79 Å². The maximum atomic E-state index is 12.4. The highest BCUT2D eigenvalue weighted by molar-refractivity contribution is 5.95. The summed E-state index contributed by atoms with van der Waals surface area (Å²) >= 11 is 0. The van der Waals surface area contributed by atoms with Gasteiger partial charge < -0.3 is 20.1 Å². The zero-order valence-corrected chi connectivity index (χ0v) is 14.2. The van der Waals surface area contributed by atoms with E-state index in [1.54, 1.807) is 12.1 Å². The second-order valence-electron chi connectivity index (χ2n) is 5.88. The largest absolute Gasteiger partial charge is 0.490 e. The number of rotatable bonds is 8. The van der Waals surface area contributed by atoms with E-state index >= 15 is 0 Å². The number of hydrogen-bond acceptors (Lipinski definition) is 4. The number of ether oxygens (including phenoxy) is 2. The average molecular weight is 320 g/mol. The van der Waals surface area contributed by atoms with Crippen molar-refractivity contribution in [3.05, 3.63) is 23.8 Å². The molecule has 0 unspecified atom stereocenters. The van der Waals surface area contributed by atoms with Crippen LogP contribution in [-0.2, 0) is 0 Å². The zero-order valence-electron chi connectivity index (χ0n) is 14.2. The minimum atomic E-state index is -0.0536. The van der Waals surface area contributed by atoms with Gasteiger partial charge in [-0.1, -0.05) is 13.8 Å². The van der Waals surface area contributed by atoms with Gasteiger partial charge in [0.1, 0.15) is 0 Å². The van der Waals surface area contributed by atoms with E-state index in [1.165, 1.54) is 0 Å². The standard InChI is InChI=1S/C18H28N2O3/c1-3-10-22-16-8-7-14(12-17(16)23-11-4-2)18(21)20-15-6-5-9-19-13-15/h7-8,12,15,19H,3-6,9-11,13H2,1-2H3,(H,20,21)/t15-/m0/s1. The first-order valence-electron chi connectivity index (χ1n) is 8.65. The molecule has 1 heterocycles. The molecule has 2 N–H and O–H groups in total. The molecule has 128 valence electrons.